The smallest absolute Gasteiger partial charge is 0.180 e. The second-order valence-electron chi connectivity index (χ2n) is 3.65. The van der Waals surface area contributed by atoms with Gasteiger partial charge in [-0.1, -0.05) is 0 Å². The molecule has 0 aliphatic carbocycles. The van der Waals surface area contributed by atoms with Crippen molar-refractivity contribution >= 4 is 11.0 Å². The number of nitrogens with one attached hydrogen (secondary N) is 1. The first-order valence-corrected chi connectivity index (χ1v) is 5.20. The highest BCUT2D eigenvalue weighted by atomic mass is 15.7. The molecule has 0 amide bonds. The van der Waals surface area contributed by atoms with E-state index in [0.29, 0.717) is 0 Å². The number of hydrogen-bond acceptors (Lipinski definition) is 4. The number of fused-ring (bicyclic) bond motifs is 1. The lowest BCUT2D eigenvalue weighted by atomic mass is 10.4. The third kappa shape index (κ3) is 1.45. The monoisotopic (exact) mass is 203 g/mol. The third-order valence-corrected chi connectivity index (χ3v) is 2.67. The summed E-state index contributed by atoms with van der Waals surface area (Å²) in [5, 5.41) is 11.0. The maximum Gasteiger partial charge on any atom is 0.180 e. The molecule has 0 radical (unpaired) electrons. The highest BCUT2D eigenvalue weighted by Crippen LogP contribution is 2.10. The van der Waals surface area contributed by atoms with Gasteiger partial charge < -0.3 is 5.32 Å². The summed E-state index contributed by atoms with van der Waals surface area (Å²) in [6, 6.07) is 3.97. The van der Waals surface area contributed by atoms with E-state index in [1.807, 2.05) is 29.3 Å². The molecule has 0 unspecified atom stereocenters. The minimum atomic E-state index is 0.944. The van der Waals surface area contributed by atoms with Gasteiger partial charge in [-0.15, -0.1) is 0 Å². The summed E-state index contributed by atoms with van der Waals surface area (Å²) in [5.41, 5.74) is 0.944. The molecule has 1 saturated heterocycles. The summed E-state index contributed by atoms with van der Waals surface area (Å²) < 4.78 is 0. The lowest BCUT2D eigenvalue weighted by Gasteiger charge is -2.28. The summed E-state index contributed by atoms with van der Waals surface area (Å²) in [7, 11) is 0. The van der Waals surface area contributed by atoms with Crippen molar-refractivity contribution in [1.29, 1.82) is 0 Å². The minimum absolute atomic E-state index is 0.944. The number of piperazine rings is 1. The van der Waals surface area contributed by atoms with E-state index in [0.717, 1.165) is 37.2 Å². The van der Waals surface area contributed by atoms with Crippen molar-refractivity contribution in [2.24, 2.45) is 0 Å². The quantitative estimate of drug-likeness (QED) is 0.707. The fourth-order valence-corrected chi connectivity index (χ4v) is 1.90. The molecule has 0 bridgehead atoms. The Balaban J connectivity index is 2.02. The fourth-order valence-electron chi connectivity index (χ4n) is 1.90. The van der Waals surface area contributed by atoms with Crippen LogP contribution in [-0.2, 0) is 0 Å². The predicted octanol–water partition coefficient (Wildman–Crippen LogP) is -0.0275. The number of pyridine rings is 1. The normalized spacial score (nSPS) is 17.2. The van der Waals surface area contributed by atoms with E-state index in [-0.39, 0.29) is 0 Å². The van der Waals surface area contributed by atoms with Crippen molar-refractivity contribution in [2.45, 2.75) is 0 Å². The van der Waals surface area contributed by atoms with Gasteiger partial charge in [-0.25, -0.2) is 4.98 Å². The molecule has 0 spiro atoms. The highest BCUT2D eigenvalue weighted by molar-refractivity contribution is 5.74. The SMILES string of the molecule is c1cnc2c(c1)cnn2N1CCNCC1. The Hall–Kier alpha value is -1.62. The summed E-state index contributed by atoms with van der Waals surface area (Å²) in [5.74, 6) is 0. The van der Waals surface area contributed by atoms with E-state index in [1.54, 1.807) is 0 Å². The van der Waals surface area contributed by atoms with Crippen LogP contribution in [0.5, 0.6) is 0 Å². The second kappa shape index (κ2) is 3.51. The van der Waals surface area contributed by atoms with Crippen LogP contribution >= 0.6 is 0 Å². The molecule has 1 N–H and O–H groups in total. The van der Waals surface area contributed by atoms with Gasteiger partial charge in [0, 0.05) is 37.8 Å². The number of rotatable bonds is 1. The average Bonchev–Trinajstić information content (AvgIpc) is 2.74. The van der Waals surface area contributed by atoms with Crippen molar-refractivity contribution in [3.63, 3.8) is 0 Å². The molecule has 1 fully saturated rings. The molecule has 0 aromatic carbocycles. The first kappa shape index (κ1) is 8.67. The topological polar surface area (TPSA) is 46.0 Å². The molecule has 0 saturated carbocycles. The van der Waals surface area contributed by atoms with Crippen LogP contribution in [0.4, 0.5) is 0 Å². The van der Waals surface area contributed by atoms with Crippen molar-refractivity contribution < 1.29 is 0 Å². The minimum Gasteiger partial charge on any atom is -0.313 e. The van der Waals surface area contributed by atoms with Crippen molar-refractivity contribution in [2.75, 3.05) is 31.2 Å². The Labute approximate surface area is 87.7 Å². The van der Waals surface area contributed by atoms with E-state index in [9.17, 15) is 0 Å². The Morgan fingerprint density at radius 3 is 3.00 bits per heavy atom. The lowest BCUT2D eigenvalue weighted by Crippen LogP contribution is -2.49. The molecule has 0 atom stereocenters. The van der Waals surface area contributed by atoms with Gasteiger partial charge in [-0.3, -0.25) is 5.01 Å². The van der Waals surface area contributed by atoms with E-state index >= 15 is 0 Å². The van der Waals surface area contributed by atoms with Crippen molar-refractivity contribution in [3.05, 3.63) is 24.5 Å². The van der Waals surface area contributed by atoms with E-state index in [2.05, 4.69) is 20.4 Å². The highest BCUT2D eigenvalue weighted by Gasteiger charge is 2.13. The zero-order valence-corrected chi connectivity index (χ0v) is 8.43. The molecule has 5 heteroatoms. The van der Waals surface area contributed by atoms with Gasteiger partial charge in [0.05, 0.1) is 6.20 Å². The standard InChI is InChI=1S/C10H13N5/c1-2-9-8-13-15(10(9)12-3-1)14-6-4-11-5-7-14/h1-3,8,11H,4-7H2. The van der Waals surface area contributed by atoms with Crippen LogP contribution in [0.25, 0.3) is 11.0 Å². The Bertz CT molecular complexity index is 458. The Morgan fingerprint density at radius 2 is 2.13 bits per heavy atom. The molecule has 1 aliphatic heterocycles. The summed E-state index contributed by atoms with van der Waals surface area (Å²) in [6.07, 6.45) is 3.67. The molecule has 3 rings (SSSR count). The van der Waals surface area contributed by atoms with Gasteiger partial charge in [0.25, 0.3) is 0 Å². The second-order valence-corrected chi connectivity index (χ2v) is 3.65. The molecule has 1 aliphatic rings. The molecule has 3 heterocycles. The summed E-state index contributed by atoms with van der Waals surface area (Å²) >= 11 is 0. The van der Waals surface area contributed by atoms with Gasteiger partial charge in [0.2, 0.25) is 0 Å². The molecule has 15 heavy (non-hydrogen) atoms. The summed E-state index contributed by atoms with van der Waals surface area (Å²) in [4.78, 5) is 6.27. The van der Waals surface area contributed by atoms with Gasteiger partial charge in [-0.05, 0) is 12.1 Å². The van der Waals surface area contributed by atoms with E-state index in [4.69, 9.17) is 0 Å². The number of nitrogens with zero attached hydrogens (tertiary/aromatic N) is 4. The third-order valence-electron chi connectivity index (χ3n) is 2.67. The maximum atomic E-state index is 4.37. The first-order valence-electron chi connectivity index (χ1n) is 5.20. The van der Waals surface area contributed by atoms with Gasteiger partial charge in [0.15, 0.2) is 5.65 Å². The summed E-state index contributed by atoms with van der Waals surface area (Å²) in [6.45, 7) is 3.98. The van der Waals surface area contributed by atoms with Crippen molar-refractivity contribution in [1.82, 2.24) is 20.2 Å². The largest absolute Gasteiger partial charge is 0.313 e. The number of hydrogen-bond donors (Lipinski definition) is 1. The average molecular weight is 203 g/mol. The van der Waals surface area contributed by atoms with Crippen LogP contribution in [0.1, 0.15) is 0 Å². The van der Waals surface area contributed by atoms with Crippen LogP contribution < -0.4 is 10.3 Å². The molecule has 78 valence electrons. The first-order chi connectivity index (χ1) is 7.45. The fraction of sp³-hybridized carbons (Fsp3) is 0.400. The van der Waals surface area contributed by atoms with Crippen LogP contribution in [0, 0.1) is 0 Å². The van der Waals surface area contributed by atoms with Gasteiger partial charge in [-0.2, -0.15) is 9.89 Å². The Morgan fingerprint density at radius 1 is 1.27 bits per heavy atom. The van der Waals surface area contributed by atoms with Gasteiger partial charge >= 0.3 is 0 Å². The van der Waals surface area contributed by atoms with Crippen LogP contribution in [0.15, 0.2) is 24.5 Å². The zero-order chi connectivity index (χ0) is 10.1. The zero-order valence-electron chi connectivity index (χ0n) is 8.43. The van der Waals surface area contributed by atoms with E-state index in [1.165, 1.54) is 0 Å². The molecule has 5 nitrogen and oxygen atoms in total. The molecular formula is C10H13N5. The molecule has 2 aromatic heterocycles. The van der Waals surface area contributed by atoms with Crippen LogP contribution in [-0.4, -0.2) is 41.1 Å². The Kier molecular flexibility index (Phi) is 2.03. The van der Waals surface area contributed by atoms with Crippen LogP contribution in [0.2, 0.25) is 0 Å². The molecular weight excluding hydrogens is 190 g/mol. The van der Waals surface area contributed by atoms with Crippen LogP contribution in [0.3, 0.4) is 0 Å². The van der Waals surface area contributed by atoms with Gasteiger partial charge in [0.1, 0.15) is 0 Å². The van der Waals surface area contributed by atoms with Crippen molar-refractivity contribution in [3.8, 4) is 0 Å². The maximum absolute atomic E-state index is 4.37. The number of aromatic nitrogens is 3. The predicted molar refractivity (Wildman–Crippen MR) is 58.3 cm³/mol. The lowest BCUT2D eigenvalue weighted by molar-refractivity contribution is 0.468. The molecule has 2 aromatic rings. The van der Waals surface area contributed by atoms with E-state index < -0.39 is 0 Å².